The second-order valence-corrected chi connectivity index (χ2v) is 7.69. The van der Waals surface area contributed by atoms with Crippen LogP contribution in [0, 0.1) is 0 Å². The molecule has 1 saturated heterocycles. The van der Waals surface area contributed by atoms with Crippen molar-refractivity contribution in [2.75, 3.05) is 39.2 Å². The second kappa shape index (κ2) is 7.17. The van der Waals surface area contributed by atoms with E-state index in [1.54, 1.807) is 7.11 Å². The van der Waals surface area contributed by atoms with E-state index in [1.807, 2.05) is 0 Å². The first kappa shape index (κ1) is 16.2. The van der Waals surface area contributed by atoms with Crippen molar-refractivity contribution in [3.8, 4) is 0 Å². The molecule has 7 heteroatoms. The van der Waals surface area contributed by atoms with E-state index in [0.29, 0.717) is 32.2 Å². The number of methoxy groups -OCH3 is 1. The smallest absolute Gasteiger partial charge is 0.211 e. The van der Waals surface area contributed by atoms with Crippen LogP contribution in [0.3, 0.4) is 0 Å². The summed E-state index contributed by atoms with van der Waals surface area (Å²) in [6.07, 6.45) is 4.85. The van der Waals surface area contributed by atoms with Crippen molar-refractivity contribution in [2.45, 2.75) is 43.7 Å². The Morgan fingerprint density at radius 2 is 2.15 bits per heavy atom. The lowest BCUT2D eigenvalue weighted by Gasteiger charge is -2.25. The molecule has 1 heterocycles. The molecule has 2 rings (SSSR count). The van der Waals surface area contributed by atoms with Gasteiger partial charge in [-0.1, -0.05) is 0 Å². The molecular formula is C13H26N2O4S. The Morgan fingerprint density at radius 3 is 2.75 bits per heavy atom. The molecule has 0 aromatic carbocycles. The second-order valence-electron chi connectivity index (χ2n) is 5.77. The Kier molecular flexibility index (Phi) is 5.80. The first-order chi connectivity index (χ1) is 9.55. The Bertz CT molecular complexity index is 389. The first-order valence-corrected chi connectivity index (χ1v) is 9.04. The number of unbranched alkanes of at least 4 members (excludes halogenated alkanes) is 1. The maximum atomic E-state index is 11.9. The molecular weight excluding hydrogens is 280 g/mol. The fourth-order valence-electron chi connectivity index (χ4n) is 2.29. The Morgan fingerprint density at radius 1 is 1.35 bits per heavy atom. The van der Waals surface area contributed by atoms with Crippen molar-refractivity contribution in [1.82, 2.24) is 10.0 Å². The predicted octanol–water partition coefficient (Wildman–Crippen LogP) is 0.244. The van der Waals surface area contributed by atoms with Gasteiger partial charge in [0, 0.05) is 32.7 Å². The first-order valence-electron chi connectivity index (χ1n) is 7.39. The summed E-state index contributed by atoms with van der Waals surface area (Å²) in [4.78, 5) is 0. The van der Waals surface area contributed by atoms with Crippen LogP contribution < -0.4 is 10.0 Å². The fraction of sp³-hybridized carbons (Fsp3) is 1.00. The number of ether oxygens (including phenoxy) is 2. The third-order valence-electron chi connectivity index (χ3n) is 3.96. The summed E-state index contributed by atoms with van der Waals surface area (Å²) in [7, 11) is -1.61. The van der Waals surface area contributed by atoms with Gasteiger partial charge in [-0.05, 0) is 32.2 Å². The van der Waals surface area contributed by atoms with E-state index in [1.165, 1.54) is 12.8 Å². The third-order valence-corrected chi connectivity index (χ3v) is 5.37. The van der Waals surface area contributed by atoms with Crippen LogP contribution in [0.15, 0.2) is 0 Å². The van der Waals surface area contributed by atoms with Crippen molar-refractivity contribution >= 4 is 10.0 Å². The zero-order valence-corrected chi connectivity index (χ0v) is 13.0. The molecule has 2 aliphatic rings. The minimum absolute atomic E-state index is 0.181. The SMILES string of the molecule is COC1(CNS(=O)(=O)CCCCNC2CC2)CCOC1. The summed E-state index contributed by atoms with van der Waals surface area (Å²) >= 11 is 0. The van der Waals surface area contributed by atoms with Crippen molar-refractivity contribution < 1.29 is 17.9 Å². The van der Waals surface area contributed by atoms with Crippen LogP contribution in [0.2, 0.25) is 0 Å². The van der Waals surface area contributed by atoms with Gasteiger partial charge in [0.05, 0.1) is 12.4 Å². The zero-order chi connectivity index (χ0) is 14.5. The van der Waals surface area contributed by atoms with Crippen molar-refractivity contribution in [2.24, 2.45) is 0 Å². The van der Waals surface area contributed by atoms with Crippen LogP contribution in [-0.2, 0) is 19.5 Å². The largest absolute Gasteiger partial charge is 0.378 e. The number of hydrogen-bond acceptors (Lipinski definition) is 5. The predicted molar refractivity (Wildman–Crippen MR) is 77.2 cm³/mol. The highest BCUT2D eigenvalue weighted by molar-refractivity contribution is 7.89. The number of sulfonamides is 1. The van der Waals surface area contributed by atoms with Crippen LogP contribution in [-0.4, -0.2) is 59.2 Å². The summed E-state index contributed by atoms with van der Waals surface area (Å²) in [6, 6.07) is 0.689. The normalized spacial score (nSPS) is 27.1. The Balaban J connectivity index is 1.62. The van der Waals surface area contributed by atoms with Crippen molar-refractivity contribution in [3.63, 3.8) is 0 Å². The highest BCUT2D eigenvalue weighted by Crippen LogP contribution is 2.21. The molecule has 1 aliphatic carbocycles. The molecule has 118 valence electrons. The molecule has 20 heavy (non-hydrogen) atoms. The summed E-state index contributed by atoms with van der Waals surface area (Å²) < 4.78 is 37.2. The van der Waals surface area contributed by atoms with Crippen molar-refractivity contribution in [3.05, 3.63) is 0 Å². The monoisotopic (exact) mass is 306 g/mol. The number of rotatable bonds is 10. The van der Waals surface area contributed by atoms with E-state index >= 15 is 0 Å². The van der Waals surface area contributed by atoms with Crippen LogP contribution in [0.5, 0.6) is 0 Å². The van der Waals surface area contributed by atoms with E-state index < -0.39 is 15.6 Å². The summed E-state index contributed by atoms with van der Waals surface area (Å²) in [5.41, 5.74) is -0.486. The fourth-order valence-corrected chi connectivity index (χ4v) is 3.50. The lowest BCUT2D eigenvalue weighted by atomic mass is 10.0. The number of nitrogens with one attached hydrogen (secondary N) is 2. The quantitative estimate of drug-likeness (QED) is 0.566. The maximum absolute atomic E-state index is 11.9. The van der Waals surface area contributed by atoms with E-state index in [-0.39, 0.29) is 5.75 Å². The summed E-state index contributed by atoms with van der Waals surface area (Å²) in [6.45, 7) is 2.29. The molecule has 0 amide bonds. The third kappa shape index (κ3) is 5.29. The van der Waals surface area contributed by atoms with Crippen LogP contribution in [0.1, 0.15) is 32.1 Å². The molecule has 1 aliphatic heterocycles. The van der Waals surface area contributed by atoms with Crippen LogP contribution >= 0.6 is 0 Å². The van der Waals surface area contributed by atoms with Gasteiger partial charge in [-0.3, -0.25) is 0 Å². The highest BCUT2D eigenvalue weighted by Gasteiger charge is 2.35. The van der Waals surface area contributed by atoms with Gasteiger partial charge in [0.1, 0.15) is 5.60 Å². The Labute approximate surface area is 121 Å². The average molecular weight is 306 g/mol. The van der Waals surface area contributed by atoms with Gasteiger partial charge in [-0.2, -0.15) is 0 Å². The van der Waals surface area contributed by atoms with E-state index in [4.69, 9.17) is 9.47 Å². The minimum atomic E-state index is -3.22. The molecule has 1 saturated carbocycles. The van der Waals surface area contributed by atoms with Crippen LogP contribution in [0.25, 0.3) is 0 Å². The summed E-state index contributed by atoms with van der Waals surface area (Å²) in [5.74, 6) is 0.181. The molecule has 0 spiro atoms. The van der Waals surface area contributed by atoms with Gasteiger partial charge < -0.3 is 14.8 Å². The van der Waals surface area contributed by atoms with Crippen molar-refractivity contribution in [1.29, 1.82) is 0 Å². The summed E-state index contributed by atoms with van der Waals surface area (Å²) in [5, 5.41) is 3.38. The molecule has 0 aromatic rings. The molecule has 1 unspecified atom stereocenters. The molecule has 2 fully saturated rings. The lowest BCUT2D eigenvalue weighted by molar-refractivity contribution is -0.0120. The van der Waals surface area contributed by atoms with E-state index in [9.17, 15) is 8.42 Å². The van der Waals surface area contributed by atoms with E-state index in [0.717, 1.165) is 19.4 Å². The van der Waals surface area contributed by atoms with Gasteiger partial charge in [0.25, 0.3) is 0 Å². The molecule has 0 bridgehead atoms. The number of hydrogen-bond donors (Lipinski definition) is 2. The topological polar surface area (TPSA) is 76.7 Å². The Hall–Kier alpha value is -0.210. The molecule has 2 N–H and O–H groups in total. The molecule has 0 aromatic heterocycles. The lowest BCUT2D eigenvalue weighted by Crippen LogP contribution is -2.45. The molecule has 1 atom stereocenters. The minimum Gasteiger partial charge on any atom is -0.378 e. The van der Waals surface area contributed by atoms with Gasteiger partial charge in [0.15, 0.2) is 0 Å². The van der Waals surface area contributed by atoms with Gasteiger partial charge >= 0.3 is 0 Å². The average Bonchev–Trinajstić information content (AvgIpc) is 3.13. The van der Waals surface area contributed by atoms with E-state index in [2.05, 4.69) is 10.0 Å². The maximum Gasteiger partial charge on any atom is 0.211 e. The zero-order valence-electron chi connectivity index (χ0n) is 12.2. The molecule has 0 radical (unpaired) electrons. The standard InChI is InChI=1S/C13H26N2O4S/c1-18-13(6-8-19-11-13)10-15-20(16,17)9-3-2-7-14-12-4-5-12/h12,14-15H,2-11H2,1H3. The van der Waals surface area contributed by atoms with Gasteiger partial charge in [-0.15, -0.1) is 0 Å². The molecule has 6 nitrogen and oxygen atoms in total. The van der Waals surface area contributed by atoms with Gasteiger partial charge in [-0.25, -0.2) is 13.1 Å². The highest BCUT2D eigenvalue weighted by atomic mass is 32.2. The van der Waals surface area contributed by atoms with Gasteiger partial charge in [0.2, 0.25) is 10.0 Å². The van der Waals surface area contributed by atoms with Crippen LogP contribution in [0.4, 0.5) is 0 Å².